The molecule has 3 heterocycles. The molecule has 0 bridgehead atoms. The van der Waals surface area contributed by atoms with Crippen molar-refractivity contribution in [3.8, 4) is 22.4 Å². The molecule has 5 rings (SSSR count). The monoisotopic (exact) mass is 540 g/mol. The highest BCUT2D eigenvalue weighted by atomic mass is 16.3. The molecule has 210 valence electrons. The lowest BCUT2D eigenvalue weighted by Crippen LogP contribution is -2.45. The van der Waals surface area contributed by atoms with Gasteiger partial charge in [0.15, 0.2) is 5.65 Å². The lowest BCUT2D eigenvalue weighted by molar-refractivity contribution is 0.0368. The zero-order valence-corrected chi connectivity index (χ0v) is 24.5. The van der Waals surface area contributed by atoms with E-state index in [1.54, 1.807) is 25.8 Å². The number of hydrogen-bond donors (Lipinski definition) is 2. The molecule has 1 aliphatic rings. The van der Waals surface area contributed by atoms with Gasteiger partial charge in [0.1, 0.15) is 5.52 Å². The second kappa shape index (κ2) is 11.0. The summed E-state index contributed by atoms with van der Waals surface area (Å²) in [5.74, 6) is -0.128. The lowest BCUT2D eigenvalue weighted by atomic mass is 9.98. The number of carbonyl (C=O) groups excluding carboxylic acids is 1. The lowest BCUT2D eigenvalue weighted by Gasteiger charge is -2.36. The van der Waals surface area contributed by atoms with Gasteiger partial charge in [-0.25, -0.2) is 9.97 Å². The average Bonchev–Trinajstić information content (AvgIpc) is 3.35. The number of benzene rings is 2. The maximum Gasteiger partial charge on any atom is 0.253 e. The first-order valence-electron chi connectivity index (χ1n) is 14.0. The number of aromatic amines is 1. The van der Waals surface area contributed by atoms with Gasteiger partial charge in [-0.15, -0.1) is 0 Å². The molecule has 1 aliphatic heterocycles. The molecule has 2 aromatic heterocycles. The van der Waals surface area contributed by atoms with E-state index in [1.165, 1.54) is 16.8 Å². The third-order valence-corrected chi connectivity index (χ3v) is 7.67. The molecule has 8 heteroatoms. The number of aliphatic hydroxyl groups is 1. The summed E-state index contributed by atoms with van der Waals surface area (Å²) in [7, 11) is 3.89. The van der Waals surface area contributed by atoms with Crippen molar-refractivity contribution < 1.29 is 9.90 Å². The predicted molar refractivity (Wildman–Crippen MR) is 162 cm³/mol. The number of hydrogen-bond acceptors (Lipinski definition) is 6. The predicted octanol–water partition coefficient (Wildman–Crippen LogP) is 4.76. The summed E-state index contributed by atoms with van der Waals surface area (Å²) in [5.41, 5.74) is 8.93. The number of fused-ring (bicyclic) bond motifs is 1. The van der Waals surface area contributed by atoms with E-state index in [0.29, 0.717) is 5.56 Å². The highest BCUT2D eigenvalue weighted by molar-refractivity contribution is 5.96. The number of likely N-dealkylation sites (N-methyl/N-ethyl adjacent to an activating group) is 2. The number of amides is 1. The molecular weight excluding hydrogens is 500 g/mol. The molecule has 0 spiro atoms. The summed E-state index contributed by atoms with van der Waals surface area (Å²) in [4.78, 5) is 32.3. The fourth-order valence-electron chi connectivity index (χ4n) is 5.67. The molecule has 0 aliphatic carbocycles. The number of anilines is 1. The minimum atomic E-state index is -0.952. The van der Waals surface area contributed by atoms with Crippen LogP contribution in [-0.4, -0.2) is 88.2 Å². The van der Waals surface area contributed by atoms with Crippen LogP contribution in [0.5, 0.6) is 0 Å². The first-order chi connectivity index (χ1) is 19.0. The van der Waals surface area contributed by atoms with Crippen LogP contribution >= 0.6 is 0 Å². The average molecular weight is 541 g/mol. The van der Waals surface area contributed by atoms with Crippen LogP contribution in [0.1, 0.15) is 42.3 Å². The Labute approximate surface area is 236 Å². The van der Waals surface area contributed by atoms with E-state index in [9.17, 15) is 9.90 Å². The fraction of sp³-hybridized carbons (Fsp3) is 0.406. The van der Waals surface area contributed by atoms with Crippen LogP contribution in [-0.2, 0) is 6.42 Å². The standard InChI is InChI=1S/C32H40N6O2/c1-7-22-17-25(16-21(2)29(22)38-14-12-36(5)13-15-38)27-19-34-30-28(35-27)26(18-33-30)23-8-10-24(11-9-23)31(39)37(6)20-32(3,4)40/h8-11,16-19,40H,7,12-15,20H2,1-6H3,(H,33,34). The first kappa shape index (κ1) is 27.8. The Morgan fingerprint density at radius 2 is 1.80 bits per heavy atom. The topological polar surface area (TPSA) is 88.6 Å². The van der Waals surface area contributed by atoms with E-state index in [1.807, 2.05) is 36.7 Å². The molecule has 8 nitrogen and oxygen atoms in total. The van der Waals surface area contributed by atoms with E-state index in [4.69, 9.17) is 9.97 Å². The van der Waals surface area contributed by atoms with Crippen LogP contribution in [0.15, 0.2) is 48.8 Å². The van der Waals surface area contributed by atoms with Crippen molar-refractivity contribution in [2.45, 2.75) is 39.7 Å². The van der Waals surface area contributed by atoms with Gasteiger partial charge in [0.2, 0.25) is 0 Å². The number of piperazine rings is 1. The second-order valence-electron chi connectivity index (χ2n) is 11.7. The van der Waals surface area contributed by atoms with Crippen LogP contribution in [0.3, 0.4) is 0 Å². The van der Waals surface area contributed by atoms with Crippen LogP contribution in [0.4, 0.5) is 5.69 Å². The number of aromatic nitrogens is 3. The van der Waals surface area contributed by atoms with Gasteiger partial charge in [0.05, 0.1) is 17.5 Å². The zero-order valence-electron chi connectivity index (χ0n) is 24.5. The van der Waals surface area contributed by atoms with Gasteiger partial charge in [-0.3, -0.25) is 4.79 Å². The Morgan fingerprint density at radius 1 is 1.10 bits per heavy atom. The Balaban J connectivity index is 1.44. The van der Waals surface area contributed by atoms with Crippen molar-refractivity contribution in [3.63, 3.8) is 0 Å². The van der Waals surface area contributed by atoms with Crippen molar-refractivity contribution in [3.05, 3.63) is 65.5 Å². The normalized spacial score (nSPS) is 14.6. The van der Waals surface area contributed by atoms with Crippen LogP contribution in [0, 0.1) is 6.92 Å². The van der Waals surface area contributed by atoms with E-state index in [0.717, 1.165) is 66.1 Å². The third kappa shape index (κ3) is 5.74. The third-order valence-electron chi connectivity index (χ3n) is 7.67. The minimum absolute atomic E-state index is 0.128. The molecule has 0 saturated carbocycles. The smallest absolute Gasteiger partial charge is 0.253 e. The van der Waals surface area contributed by atoms with Crippen LogP contribution < -0.4 is 4.90 Å². The number of H-pyrrole nitrogens is 1. The molecule has 0 radical (unpaired) electrons. The van der Waals surface area contributed by atoms with E-state index < -0.39 is 5.60 Å². The maximum atomic E-state index is 12.8. The summed E-state index contributed by atoms with van der Waals surface area (Å²) in [6, 6.07) is 12.0. The molecule has 4 aromatic rings. The molecule has 2 N–H and O–H groups in total. The number of nitrogens with zero attached hydrogens (tertiary/aromatic N) is 5. The summed E-state index contributed by atoms with van der Waals surface area (Å²) >= 11 is 0. The molecular formula is C32H40N6O2. The summed E-state index contributed by atoms with van der Waals surface area (Å²) in [6.45, 7) is 12.3. The summed E-state index contributed by atoms with van der Waals surface area (Å²) in [5, 5.41) is 10.1. The number of nitrogens with one attached hydrogen (secondary N) is 1. The highest BCUT2D eigenvalue weighted by Crippen LogP contribution is 2.34. The van der Waals surface area contributed by atoms with Gasteiger partial charge in [-0.05, 0) is 75.2 Å². The SMILES string of the molecule is CCc1cc(-c2cnc3[nH]cc(-c4ccc(C(=O)N(C)CC(C)(C)O)cc4)c3n2)cc(C)c1N1CCN(C)CC1. The maximum absolute atomic E-state index is 12.8. The van der Waals surface area contributed by atoms with Crippen molar-refractivity contribution in [2.24, 2.45) is 0 Å². The van der Waals surface area contributed by atoms with Gasteiger partial charge < -0.3 is 24.8 Å². The first-order valence-corrected chi connectivity index (χ1v) is 14.0. The van der Waals surface area contributed by atoms with Crippen molar-refractivity contribution in [2.75, 3.05) is 51.7 Å². The van der Waals surface area contributed by atoms with Gasteiger partial charge >= 0.3 is 0 Å². The van der Waals surface area contributed by atoms with Gasteiger partial charge in [-0.1, -0.05) is 19.1 Å². The number of aryl methyl sites for hydroxylation is 2. The Kier molecular flexibility index (Phi) is 7.66. The highest BCUT2D eigenvalue weighted by Gasteiger charge is 2.22. The number of carbonyl (C=O) groups is 1. The minimum Gasteiger partial charge on any atom is -0.389 e. The van der Waals surface area contributed by atoms with E-state index >= 15 is 0 Å². The quantitative estimate of drug-likeness (QED) is 0.352. The Hall–Kier alpha value is -3.75. The van der Waals surface area contributed by atoms with E-state index in [-0.39, 0.29) is 12.5 Å². The molecule has 40 heavy (non-hydrogen) atoms. The Morgan fingerprint density at radius 3 is 2.45 bits per heavy atom. The van der Waals surface area contributed by atoms with Crippen molar-refractivity contribution >= 4 is 22.8 Å². The largest absolute Gasteiger partial charge is 0.389 e. The number of rotatable bonds is 7. The van der Waals surface area contributed by atoms with Gasteiger partial charge in [0.25, 0.3) is 5.91 Å². The molecule has 0 atom stereocenters. The zero-order chi connectivity index (χ0) is 28.6. The fourth-order valence-corrected chi connectivity index (χ4v) is 5.67. The van der Waals surface area contributed by atoms with E-state index in [2.05, 4.69) is 47.8 Å². The van der Waals surface area contributed by atoms with Crippen molar-refractivity contribution in [1.82, 2.24) is 24.8 Å². The molecule has 1 fully saturated rings. The van der Waals surface area contributed by atoms with Crippen molar-refractivity contribution in [1.29, 1.82) is 0 Å². The summed E-state index contributed by atoms with van der Waals surface area (Å²) in [6.07, 6.45) is 4.72. The summed E-state index contributed by atoms with van der Waals surface area (Å²) < 4.78 is 0. The molecule has 1 amide bonds. The molecule has 2 aromatic carbocycles. The van der Waals surface area contributed by atoms with Crippen LogP contribution in [0.2, 0.25) is 0 Å². The van der Waals surface area contributed by atoms with Gasteiger partial charge in [0, 0.05) is 68.3 Å². The molecule has 1 saturated heterocycles. The second-order valence-corrected chi connectivity index (χ2v) is 11.7. The van der Waals surface area contributed by atoms with Gasteiger partial charge in [-0.2, -0.15) is 0 Å². The van der Waals surface area contributed by atoms with Crippen LogP contribution in [0.25, 0.3) is 33.5 Å². The molecule has 0 unspecified atom stereocenters. The Bertz CT molecular complexity index is 1510.